The zero-order chi connectivity index (χ0) is 12.3. The summed E-state index contributed by atoms with van der Waals surface area (Å²) in [6.45, 7) is 1.94. The lowest BCUT2D eigenvalue weighted by molar-refractivity contribution is 0.103. The van der Waals surface area contributed by atoms with Gasteiger partial charge in [-0.25, -0.2) is 0 Å². The van der Waals surface area contributed by atoms with Crippen molar-refractivity contribution in [3.8, 4) is 5.40 Å². The first-order chi connectivity index (χ1) is 8.22. The molecule has 0 aliphatic carbocycles. The van der Waals surface area contributed by atoms with Gasteiger partial charge in [-0.15, -0.1) is 11.3 Å². The van der Waals surface area contributed by atoms with Crippen molar-refractivity contribution in [1.29, 1.82) is 5.26 Å². The average Bonchev–Trinajstić information content (AvgIpc) is 2.71. The highest BCUT2D eigenvalue weighted by molar-refractivity contribution is 8.05. The van der Waals surface area contributed by atoms with Crippen molar-refractivity contribution in [1.82, 2.24) is 0 Å². The fraction of sp³-hybridized carbons (Fsp3) is 0.0769. The van der Waals surface area contributed by atoms with Crippen LogP contribution in [0.15, 0.2) is 40.6 Å². The van der Waals surface area contributed by atoms with Gasteiger partial charge in [0.15, 0.2) is 5.78 Å². The second kappa shape index (κ2) is 5.17. The Morgan fingerprint density at radius 2 is 2.06 bits per heavy atom. The highest BCUT2D eigenvalue weighted by atomic mass is 32.2. The van der Waals surface area contributed by atoms with E-state index in [9.17, 15) is 4.79 Å². The third-order valence-electron chi connectivity index (χ3n) is 2.24. The number of thiocyanates is 1. The normalized spacial score (nSPS) is 9.88. The molecule has 0 N–H and O–H groups in total. The Morgan fingerprint density at radius 3 is 2.71 bits per heavy atom. The molecule has 0 aliphatic rings. The van der Waals surface area contributed by atoms with E-state index < -0.39 is 0 Å². The van der Waals surface area contributed by atoms with Gasteiger partial charge in [0.05, 0.1) is 4.21 Å². The van der Waals surface area contributed by atoms with E-state index in [0.717, 1.165) is 20.8 Å². The molecule has 0 radical (unpaired) electrons. The lowest BCUT2D eigenvalue weighted by Crippen LogP contribution is -2.00. The third kappa shape index (κ3) is 2.57. The molecule has 1 aromatic heterocycles. The van der Waals surface area contributed by atoms with Crippen molar-refractivity contribution in [2.24, 2.45) is 0 Å². The Balaban J connectivity index is 2.41. The molecule has 0 unspecified atom stereocenters. The van der Waals surface area contributed by atoms with Crippen LogP contribution in [0.2, 0.25) is 0 Å². The summed E-state index contributed by atoms with van der Waals surface area (Å²) >= 11 is 2.53. The molecule has 2 aromatic rings. The van der Waals surface area contributed by atoms with Gasteiger partial charge in [0.2, 0.25) is 0 Å². The number of benzene rings is 1. The first-order valence-corrected chi connectivity index (χ1v) is 6.62. The molecule has 0 fully saturated rings. The summed E-state index contributed by atoms with van der Waals surface area (Å²) in [6, 6.07) is 11.0. The molecule has 4 heteroatoms. The number of nitrogens with zero attached hydrogens (tertiary/aromatic N) is 1. The molecule has 2 nitrogen and oxygen atoms in total. The van der Waals surface area contributed by atoms with Crippen molar-refractivity contribution in [2.45, 2.75) is 11.1 Å². The van der Waals surface area contributed by atoms with E-state index in [1.807, 2.05) is 36.6 Å². The van der Waals surface area contributed by atoms with Crippen molar-refractivity contribution >= 4 is 28.9 Å². The highest BCUT2D eigenvalue weighted by Gasteiger charge is 2.16. The second-order valence-corrected chi connectivity index (χ2v) is 5.76. The monoisotopic (exact) mass is 259 g/mol. The molecular formula is C13H9NOS2. The molecule has 84 valence electrons. The summed E-state index contributed by atoms with van der Waals surface area (Å²) in [7, 11) is 0. The van der Waals surface area contributed by atoms with E-state index in [1.54, 1.807) is 12.1 Å². The minimum atomic E-state index is -0.0206. The molecule has 0 atom stereocenters. The fourth-order valence-corrected chi connectivity index (χ4v) is 3.26. The molecule has 0 aliphatic heterocycles. The van der Waals surface area contributed by atoms with E-state index in [4.69, 9.17) is 5.26 Å². The van der Waals surface area contributed by atoms with E-state index in [1.165, 1.54) is 11.3 Å². The van der Waals surface area contributed by atoms with E-state index in [0.29, 0.717) is 11.1 Å². The van der Waals surface area contributed by atoms with Crippen molar-refractivity contribution in [3.05, 3.63) is 52.4 Å². The Kier molecular flexibility index (Phi) is 3.62. The first kappa shape index (κ1) is 11.9. The van der Waals surface area contributed by atoms with Crippen LogP contribution < -0.4 is 0 Å². The molecule has 0 amide bonds. The quantitative estimate of drug-likeness (QED) is 0.477. The molecule has 0 saturated heterocycles. The molecule has 0 spiro atoms. The number of rotatable bonds is 3. The van der Waals surface area contributed by atoms with E-state index in [2.05, 4.69) is 0 Å². The molecule has 1 aromatic carbocycles. The van der Waals surface area contributed by atoms with Gasteiger partial charge in [-0.05, 0) is 13.0 Å². The molecule has 2 rings (SSSR count). The van der Waals surface area contributed by atoms with E-state index >= 15 is 0 Å². The van der Waals surface area contributed by atoms with Crippen LogP contribution in [0.25, 0.3) is 0 Å². The minimum absolute atomic E-state index is 0.0206. The van der Waals surface area contributed by atoms with Crippen molar-refractivity contribution < 1.29 is 4.79 Å². The van der Waals surface area contributed by atoms with E-state index in [-0.39, 0.29) is 5.78 Å². The van der Waals surface area contributed by atoms with Gasteiger partial charge in [-0.2, -0.15) is 5.26 Å². The summed E-state index contributed by atoms with van der Waals surface area (Å²) < 4.78 is 0.777. The Bertz CT molecular complexity index is 581. The number of thioether (sulfide) groups is 1. The van der Waals surface area contributed by atoms with Crippen LogP contribution >= 0.6 is 23.1 Å². The number of thiophene rings is 1. The van der Waals surface area contributed by atoms with Gasteiger partial charge >= 0.3 is 0 Å². The summed E-state index contributed by atoms with van der Waals surface area (Å²) in [5, 5.41) is 10.7. The molecule has 0 bridgehead atoms. The van der Waals surface area contributed by atoms with Gasteiger partial charge in [-0.3, -0.25) is 4.79 Å². The van der Waals surface area contributed by atoms with Crippen LogP contribution in [0.4, 0.5) is 0 Å². The standard InChI is InChI=1S/C13H9NOS2/c1-9-7-11(13(17-9)16-8-14)12(15)10-5-3-2-4-6-10/h2-7H,1H3. The number of hydrogen-bond acceptors (Lipinski definition) is 4. The zero-order valence-corrected chi connectivity index (χ0v) is 10.8. The van der Waals surface area contributed by atoms with Crippen LogP contribution in [0, 0.1) is 17.6 Å². The number of aryl methyl sites for hydroxylation is 1. The van der Waals surface area contributed by atoms with Gasteiger partial charge < -0.3 is 0 Å². The first-order valence-electron chi connectivity index (χ1n) is 4.98. The Hall–Kier alpha value is -1.57. The largest absolute Gasteiger partial charge is 0.289 e. The molecule has 0 saturated carbocycles. The SMILES string of the molecule is Cc1cc(C(=O)c2ccccc2)c(SC#N)s1. The molecule has 17 heavy (non-hydrogen) atoms. The lowest BCUT2D eigenvalue weighted by Gasteiger charge is -1.99. The van der Waals surface area contributed by atoms with Gasteiger partial charge in [0.25, 0.3) is 0 Å². The topological polar surface area (TPSA) is 40.9 Å². The van der Waals surface area contributed by atoms with Crippen molar-refractivity contribution in [3.63, 3.8) is 0 Å². The number of ketones is 1. The third-order valence-corrected chi connectivity index (χ3v) is 4.08. The smallest absolute Gasteiger partial charge is 0.195 e. The number of carbonyl (C=O) groups excluding carboxylic acids is 1. The summed E-state index contributed by atoms with van der Waals surface area (Å²) in [4.78, 5) is 13.3. The van der Waals surface area contributed by atoms with Crippen molar-refractivity contribution in [2.75, 3.05) is 0 Å². The molecular weight excluding hydrogens is 250 g/mol. The minimum Gasteiger partial charge on any atom is -0.289 e. The number of nitriles is 1. The van der Waals surface area contributed by atoms with Crippen LogP contribution in [0.3, 0.4) is 0 Å². The van der Waals surface area contributed by atoms with Gasteiger partial charge in [0.1, 0.15) is 5.40 Å². The van der Waals surface area contributed by atoms with Crippen LogP contribution in [-0.2, 0) is 0 Å². The summed E-state index contributed by atoms with van der Waals surface area (Å²) in [5.74, 6) is -0.0206. The van der Waals surface area contributed by atoms with Gasteiger partial charge in [-0.1, -0.05) is 30.3 Å². The number of hydrogen-bond donors (Lipinski definition) is 0. The zero-order valence-electron chi connectivity index (χ0n) is 9.14. The fourth-order valence-electron chi connectivity index (χ4n) is 1.51. The maximum Gasteiger partial charge on any atom is 0.195 e. The average molecular weight is 259 g/mol. The van der Waals surface area contributed by atoms with Gasteiger partial charge in [0, 0.05) is 27.8 Å². The maximum absolute atomic E-state index is 12.2. The predicted octanol–water partition coefficient (Wildman–Crippen LogP) is 3.86. The molecule has 1 heterocycles. The Morgan fingerprint density at radius 1 is 1.35 bits per heavy atom. The summed E-state index contributed by atoms with van der Waals surface area (Å²) in [6.07, 6.45) is 0. The predicted molar refractivity (Wildman–Crippen MR) is 70.4 cm³/mol. The lowest BCUT2D eigenvalue weighted by atomic mass is 10.1. The van der Waals surface area contributed by atoms with Crippen LogP contribution in [0.5, 0.6) is 0 Å². The van der Waals surface area contributed by atoms with Crippen LogP contribution in [-0.4, -0.2) is 5.78 Å². The summed E-state index contributed by atoms with van der Waals surface area (Å²) in [5.41, 5.74) is 1.29. The Labute approximate surface area is 108 Å². The number of carbonyl (C=O) groups is 1. The second-order valence-electron chi connectivity index (χ2n) is 3.45. The van der Waals surface area contributed by atoms with Crippen LogP contribution in [0.1, 0.15) is 20.8 Å². The highest BCUT2D eigenvalue weighted by Crippen LogP contribution is 2.32. The maximum atomic E-state index is 12.2.